The highest BCUT2D eigenvalue weighted by Crippen LogP contribution is 2.29. The van der Waals surface area contributed by atoms with Crippen molar-refractivity contribution in [3.8, 4) is 11.3 Å². The molecule has 0 aliphatic carbocycles. The van der Waals surface area contributed by atoms with Crippen molar-refractivity contribution in [2.75, 3.05) is 36.4 Å². The minimum Gasteiger partial charge on any atom is -0.352 e. The molecule has 0 bridgehead atoms. The first-order valence-electron chi connectivity index (χ1n) is 9.77. The van der Waals surface area contributed by atoms with Crippen LogP contribution in [0.1, 0.15) is 5.56 Å². The third kappa shape index (κ3) is 4.89. The van der Waals surface area contributed by atoms with E-state index in [1.165, 1.54) is 6.07 Å². The van der Waals surface area contributed by atoms with Gasteiger partial charge in [0.1, 0.15) is 5.82 Å². The van der Waals surface area contributed by atoms with E-state index >= 15 is 0 Å². The summed E-state index contributed by atoms with van der Waals surface area (Å²) in [5.74, 6) is 0.388. The van der Waals surface area contributed by atoms with Crippen LogP contribution < -0.4 is 10.2 Å². The zero-order valence-electron chi connectivity index (χ0n) is 16.8. The van der Waals surface area contributed by atoms with Crippen LogP contribution >= 0.6 is 23.2 Å². The van der Waals surface area contributed by atoms with Gasteiger partial charge in [0.25, 0.3) is 0 Å². The third-order valence-corrected chi connectivity index (χ3v) is 5.72. The summed E-state index contributed by atoms with van der Waals surface area (Å²) in [6.45, 7) is 3.95. The molecule has 1 N–H and O–H groups in total. The van der Waals surface area contributed by atoms with E-state index in [1.807, 2.05) is 18.2 Å². The molecule has 2 aromatic carbocycles. The van der Waals surface area contributed by atoms with E-state index in [9.17, 15) is 9.18 Å². The van der Waals surface area contributed by atoms with Gasteiger partial charge in [0.15, 0.2) is 5.82 Å². The number of anilines is 2. The molecule has 1 fully saturated rings. The lowest BCUT2D eigenvalue weighted by molar-refractivity contribution is 0.208. The van der Waals surface area contributed by atoms with Crippen LogP contribution in [-0.4, -0.2) is 47.3 Å². The van der Waals surface area contributed by atoms with Gasteiger partial charge in [-0.15, -0.1) is 10.2 Å². The zero-order chi connectivity index (χ0) is 22.0. The lowest BCUT2D eigenvalue weighted by Gasteiger charge is -2.35. The fraction of sp³-hybridized carbons (Fsp3) is 0.227. The second-order valence-corrected chi connectivity index (χ2v) is 8.11. The zero-order valence-corrected chi connectivity index (χ0v) is 18.3. The first-order chi connectivity index (χ1) is 14.9. The minimum atomic E-state index is -0.343. The van der Waals surface area contributed by atoms with E-state index in [4.69, 9.17) is 23.2 Å². The molecule has 0 atom stereocenters. The highest BCUT2D eigenvalue weighted by molar-refractivity contribution is 6.36. The van der Waals surface area contributed by atoms with Crippen LogP contribution in [0.4, 0.5) is 20.7 Å². The summed E-state index contributed by atoms with van der Waals surface area (Å²) in [5, 5.41) is 12.4. The van der Waals surface area contributed by atoms with Gasteiger partial charge in [0.05, 0.1) is 10.7 Å². The van der Waals surface area contributed by atoms with Crippen LogP contribution in [0.3, 0.4) is 0 Å². The van der Waals surface area contributed by atoms with Crippen LogP contribution in [-0.2, 0) is 0 Å². The molecule has 0 radical (unpaired) electrons. The molecule has 31 heavy (non-hydrogen) atoms. The normalized spacial score (nSPS) is 13.9. The predicted molar refractivity (Wildman–Crippen MR) is 121 cm³/mol. The lowest BCUT2D eigenvalue weighted by Crippen LogP contribution is -2.50. The summed E-state index contributed by atoms with van der Waals surface area (Å²) >= 11 is 12.2. The molecular formula is C22H20Cl2FN5O. The number of nitrogens with zero attached hydrogens (tertiary/aromatic N) is 4. The van der Waals surface area contributed by atoms with Crippen LogP contribution in [0.15, 0.2) is 48.5 Å². The Morgan fingerprint density at radius 2 is 1.77 bits per heavy atom. The van der Waals surface area contributed by atoms with Crippen molar-refractivity contribution in [1.82, 2.24) is 15.1 Å². The maximum Gasteiger partial charge on any atom is 0.321 e. The number of hydrogen-bond acceptors (Lipinski definition) is 4. The number of halogens is 3. The Bertz CT molecular complexity index is 1100. The van der Waals surface area contributed by atoms with Crippen molar-refractivity contribution in [3.63, 3.8) is 0 Å². The van der Waals surface area contributed by atoms with Crippen molar-refractivity contribution in [3.05, 3.63) is 70.0 Å². The van der Waals surface area contributed by atoms with E-state index in [0.717, 1.165) is 11.4 Å². The Labute approximate surface area is 189 Å². The molecular weight excluding hydrogens is 440 g/mol. The van der Waals surface area contributed by atoms with Crippen LogP contribution in [0.5, 0.6) is 0 Å². The number of hydrogen-bond donors (Lipinski definition) is 1. The van der Waals surface area contributed by atoms with Crippen LogP contribution in [0, 0.1) is 12.7 Å². The number of nitrogens with one attached hydrogen (secondary N) is 1. The molecule has 3 aromatic rings. The molecule has 0 unspecified atom stereocenters. The number of amides is 2. The van der Waals surface area contributed by atoms with Crippen molar-refractivity contribution < 1.29 is 9.18 Å². The number of carbonyl (C=O) groups is 1. The van der Waals surface area contributed by atoms with E-state index in [-0.39, 0.29) is 11.8 Å². The Hall–Kier alpha value is -2.90. The van der Waals surface area contributed by atoms with E-state index in [1.54, 1.807) is 36.1 Å². The molecule has 0 saturated carbocycles. The maximum absolute atomic E-state index is 13.7. The Kier molecular flexibility index (Phi) is 6.25. The molecule has 4 rings (SSSR count). The summed E-state index contributed by atoms with van der Waals surface area (Å²) in [4.78, 5) is 16.3. The summed E-state index contributed by atoms with van der Waals surface area (Å²) in [6.07, 6.45) is 0. The standard InChI is InChI=1S/C22H20Cl2FN5O/c1-14-2-4-16(13-19(14)25)26-22(31)30-10-8-29(9-11-30)21-7-6-20(27-28-21)17-5-3-15(23)12-18(17)24/h2-7,12-13H,8-11H2,1H3,(H,26,31). The van der Waals surface area contributed by atoms with Gasteiger partial charge < -0.3 is 15.1 Å². The highest BCUT2D eigenvalue weighted by atomic mass is 35.5. The first kappa shape index (κ1) is 21.3. The number of aryl methyl sites for hydroxylation is 1. The number of aromatic nitrogens is 2. The number of rotatable bonds is 3. The quantitative estimate of drug-likeness (QED) is 0.580. The van der Waals surface area contributed by atoms with Gasteiger partial charge in [-0.25, -0.2) is 9.18 Å². The summed E-state index contributed by atoms with van der Waals surface area (Å²) in [6, 6.07) is 13.4. The lowest BCUT2D eigenvalue weighted by atomic mass is 10.1. The minimum absolute atomic E-state index is 0.248. The van der Waals surface area contributed by atoms with Gasteiger partial charge in [-0.3, -0.25) is 0 Å². The fourth-order valence-corrected chi connectivity index (χ4v) is 3.85. The Morgan fingerprint density at radius 1 is 1.00 bits per heavy atom. The molecule has 6 nitrogen and oxygen atoms in total. The van der Waals surface area contributed by atoms with Gasteiger partial charge in [-0.1, -0.05) is 29.3 Å². The monoisotopic (exact) mass is 459 g/mol. The highest BCUT2D eigenvalue weighted by Gasteiger charge is 2.22. The maximum atomic E-state index is 13.7. The molecule has 1 aliphatic rings. The molecule has 0 spiro atoms. The molecule has 9 heteroatoms. The predicted octanol–water partition coefficient (Wildman–Crippen LogP) is 5.25. The molecule has 2 heterocycles. The van der Waals surface area contributed by atoms with Crippen LogP contribution in [0.25, 0.3) is 11.3 Å². The number of urea groups is 1. The second kappa shape index (κ2) is 9.08. The molecule has 2 amide bonds. The van der Waals surface area contributed by atoms with Crippen molar-refractivity contribution in [2.24, 2.45) is 0 Å². The smallest absolute Gasteiger partial charge is 0.321 e. The van der Waals surface area contributed by atoms with E-state index < -0.39 is 0 Å². The summed E-state index contributed by atoms with van der Waals surface area (Å²) in [5.41, 5.74) is 2.41. The largest absolute Gasteiger partial charge is 0.352 e. The van der Waals surface area contributed by atoms with Crippen molar-refractivity contribution in [2.45, 2.75) is 6.92 Å². The average Bonchev–Trinajstić information content (AvgIpc) is 2.77. The second-order valence-electron chi connectivity index (χ2n) is 7.27. The topological polar surface area (TPSA) is 61.4 Å². The third-order valence-electron chi connectivity index (χ3n) is 5.17. The Balaban J connectivity index is 1.36. The Morgan fingerprint density at radius 3 is 2.42 bits per heavy atom. The van der Waals surface area contributed by atoms with Gasteiger partial charge in [-0.2, -0.15) is 0 Å². The van der Waals surface area contributed by atoms with Crippen LogP contribution in [0.2, 0.25) is 10.0 Å². The van der Waals surface area contributed by atoms with Gasteiger partial charge in [0, 0.05) is 42.5 Å². The molecule has 1 aliphatic heterocycles. The number of piperazine rings is 1. The van der Waals surface area contributed by atoms with Crippen molar-refractivity contribution in [1.29, 1.82) is 0 Å². The SMILES string of the molecule is Cc1ccc(NC(=O)N2CCN(c3ccc(-c4ccc(Cl)cc4Cl)nn3)CC2)cc1F. The first-order valence-corrected chi connectivity index (χ1v) is 10.5. The molecule has 1 aromatic heterocycles. The van der Waals surface area contributed by atoms with E-state index in [2.05, 4.69) is 20.4 Å². The summed E-state index contributed by atoms with van der Waals surface area (Å²) in [7, 11) is 0. The molecule has 1 saturated heterocycles. The number of benzene rings is 2. The van der Waals surface area contributed by atoms with Gasteiger partial charge in [-0.05, 0) is 55.0 Å². The molecule has 160 valence electrons. The summed E-state index contributed by atoms with van der Waals surface area (Å²) < 4.78 is 13.7. The van der Waals surface area contributed by atoms with Crippen molar-refractivity contribution >= 4 is 40.7 Å². The fourth-order valence-electron chi connectivity index (χ4n) is 3.35. The van der Waals surface area contributed by atoms with Gasteiger partial charge >= 0.3 is 6.03 Å². The van der Waals surface area contributed by atoms with Gasteiger partial charge in [0.2, 0.25) is 0 Å². The van der Waals surface area contributed by atoms with E-state index in [0.29, 0.717) is 53.2 Å². The average molecular weight is 460 g/mol. The number of carbonyl (C=O) groups excluding carboxylic acids is 1.